The number of ether oxygens (including phenoxy) is 1. The highest BCUT2D eigenvalue weighted by atomic mass is 16.5. The molecule has 1 aliphatic heterocycles. The van der Waals surface area contributed by atoms with Crippen LogP contribution in [0.4, 0.5) is 11.4 Å². The molecule has 2 N–H and O–H groups in total. The fourth-order valence-electron chi connectivity index (χ4n) is 1.62. The molecule has 0 atom stereocenters. The largest absolute Gasteiger partial charge is 0.398 e. The number of nitrogens with two attached hydrogens (primary N) is 1. The molecule has 2 rings (SSSR count). The molecule has 1 aromatic rings. The van der Waals surface area contributed by atoms with Gasteiger partial charge in [-0.1, -0.05) is 0 Å². The standard InChI is InChI=1S/C11H12N2O3/c12-10-2-1-9(5-8(10)6-14)13-3-4-16-7-11(13)15/h1-2,5-6H,3-4,7,12H2. The molecule has 1 aromatic carbocycles. The van der Waals surface area contributed by atoms with E-state index in [1.54, 1.807) is 23.1 Å². The maximum absolute atomic E-state index is 11.6. The predicted molar refractivity (Wildman–Crippen MR) is 59.4 cm³/mol. The highest BCUT2D eigenvalue weighted by Crippen LogP contribution is 2.21. The van der Waals surface area contributed by atoms with Gasteiger partial charge in [-0.15, -0.1) is 0 Å². The third kappa shape index (κ3) is 1.90. The number of amides is 1. The molecule has 16 heavy (non-hydrogen) atoms. The maximum atomic E-state index is 11.6. The van der Waals surface area contributed by atoms with Crippen LogP contribution in [0.1, 0.15) is 10.4 Å². The lowest BCUT2D eigenvalue weighted by atomic mass is 10.1. The van der Waals surface area contributed by atoms with Gasteiger partial charge in [-0.3, -0.25) is 9.59 Å². The Kier molecular flexibility index (Phi) is 2.87. The van der Waals surface area contributed by atoms with Crippen molar-refractivity contribution < 1.29 is 14.3 Å². The van der Waals surface area contributed by atoms with Crippen LogP contribution < -0.4 is 10.6 Å². The number of aldehydes is 1. The monoisotopic (exact) mass is 220 g/mol. The number of carbonyl (C=O) groups excluding carboxylic acids is 2. The highest BCUT2D eigenvalue weighted by Gasteiger charge is 2.20. The van der Waals surface area contributed by atoms with Gasteiger partial charge in [0.2, 0.25) is 0 Å². The van der Waals surface area contributed by atoms with E-state index in [-0.39, 0.29) is 12.5 Å². The minimum Gasteiger partial charge on any atom is -0.398 e. The highest BCUT2D eigenvalue weighted by molar-refractivity contribution is 5.96. The minimum atomic E-state index is -0.104. The van der Waals surface area contributed by atoms with Gasteiger partial charge in [-0.05, 0) is 18.2 Å². The summed E-state index contributed by atoms with van der Waals surface area (Å²) in [6.45, 7) is 1.09. The topological polar surface area (TPSA) is 72.6 Å². The van der Waals surface area contributed by atoms with Gasteiger partial charge in [0.25, 0.3) is 5.91 Å². The van der Waals surface area contributed by atoms with Crippen molar-refractivity contribution in [3.63, 3.8) is 0 Å². The Balaban J connectivity index is 2.32. The quantitative estimate of drug-likeness (QED) is 0.580. The number of carbonyl (C=O) groups is 2. The predicted octanol–water partition coefficient (Wildman–Crippen LogP) is 0.444. The van der Waals surface area contributed by atoms with Crippen LogP contribution in [0, 0.1) is 0 Å². The second-order valence-electron chi connectivity index (χ2n) is 3.53. The van der Waals surface area contributed by atoms with Crippen molar-refractivity contribution in [2.75, 3.05) is 30.4 Å². The van der Waals surface area contributed by atoms with Crippen molar-refractivity contribution in [3.8, 4) is 0 Å². The molecular formula is C11H12N2O3. The summed E-state index contributed by atoms with van der Waals surface area (Å²) in [6, 6.07) is 4.97. The second kappa shape index (κ2) is 4.32. The maximum Gasteiger partial charge on any atom is 0.253 e. The number of hydrogen-bond acceptors (Lipinski definition) is 4. The number of hydrogen-bond donors (Lipinski definition) is 1. The molecule has 1 fully saturated rings. The first kappa shape index (κ1) is 10.6. The molecule has 0 unspecified atom stereocenters. The van der Waals surface area contributed by atoms with Crippen LogP contribution in [0.15, 0.2) is 18.2 Å². The first-order valence-corrected chi connectivity index (χ1v) is 4.95. The van der Waals surface area contributed by atoms with E-state index in [9.17, 15) is 9.59 Å². The Morgan fingerprint density at radius 2 is 2.25 bits per heavy atom. The fourth-order valence-corrected chi connectivity index (χ4v) is 1.62. The van der Waals surface area contributed by atoms with Crippen LogP contribution in [0.2, 0.25) is 0 Å². The van der Waals surface area contributed by atoms with Gasteiger partial charge < -0.3 is 15.4 Å². The second-order valence-corrected chi connectivity index (χ2v) is 3.53. The SMILES string of the molecule is Nc1ccc(N2CCOCC2=O)cc1C=O. The van der Waals surface area contributed by atoms with Crippen molar-refractivity contribution in [3.05, 3.63) is 23.8 Å². The smallest absolute Gasteiger partial charge is 0.253 e. The van der Waals surface area contributed by atoms with Crippen LogP contribution >= 0.6 is 0 Å². The Morgan fingerprint density at radius 1 is 1.44 bits per heavy atom. The lowest BCUT2D eigenvalue weighted by molar-refractivity contribution is -0.125. The summed E-state index contributed by atoms with van der Waals surface area (Å²) < 4.78 is 5.03. The Labute approximate surface area is 92.8 Å². The molecule has 0 saturated carbocycles. The lowest BCUT2D eigenvalue weighted by Crippen LogP contribution is -2.41. The third-order valence-corrected chi connectivity index (χ3v) is 2.49. The van der Waals surface area contributed by atoms with E-state index in [4.69, 9.17) is 10.5 Å². The number of nitrogen functional groups attached to an aromatic ring is 1. The lowest BCUT2D eigenvalue weighted by Gasteiger charge is -2.27. The Hall–Kier alpha value is -1.88. The minimum absolute atomic E-state index is 0.0841. The molecule has 5 nitrogen and oxygen atoms in total. The molecule has 1 aliphatic rings. The van der Waals surface area contributed by atoms with E-state index >= 15 is 0 Å². The van der Waals surface area contributed by atoms with E-state index in [1.165, 1.54) is 0 Å². The molecule has 1 heterocycles. The number of nitrogens with zero attached hydrogens (tertiary/aromatic N) is 1. The molecule has 0 bridgehead atoms. The van der Waals surface area contributed by atoms with Crippen molar-refractivity contribution in [1.29, 1.82) is 0 Å². The van der Waals surface area contributed by atoms with Crippen LogP contribution in [-0.4, -0.2) is 32.0 Å². The first-order chi connectivity index (χ1) is 7.72. The Morgan fingerprint density at radius 3 is 2.94 bits per heavy atom. The van der Waals surface area contributed by atoms with Crippen molar-refractivity contribution in [1.82, 2.24) is 0 Å². The molecule has 0 aromatic heterocycles. The molecule has 0 aliphatic carbocycles. The average Bonchev–Trinajstić information content (AvgIpc) is 2.31. The number of benzene rings is 1. The zero-order valence-electron chi connectivity index (χ0n) is 8.68. The number of anilines is 2. The van der Waals surface area contributed by atoms with Crippen LogP contribution in [0.25, 0.3) is 0 Å². The van der Waals surface area contributed by atoms with E-state index < -0.39 is 0 Å². The zero-order chi connectivity index (χ0) is 11.5. The Bertz CT molecular complexity index is 431. The number of morpholine rings is 1. The molecule has 1 saturated heterocycles. The van der Waals surface area contributed by atoms with Gasteiger partial charge in [0.05, 0.1) is 6.61 Å². The third-order valence-electron chi connectivity index (χ3n) is 2.49. The van der Waals surface area contributed by atoms with Crippen molar-refractivity contribution in [2.24, 2.45) is 0 Å². The van der Waals surface area contributed by atoms with Crippen LogP contribution in [0.5, 0.6) is 0 Å². The zero-order valence-corrected chi connectivity index (χ0v) is 8.68. The van der Waals surface area contributed by atoms with E-state index in [0.717, 1.165) is 0 Å². The summed E-state index contributed by atoms with van der Waals surface area (Å²) in [6.07, 6.45) is 0.684. The van der Waals surface area contributed by atoms with E-state index in [2.05, 4.69) is 0 Å². The molecule has 0 spiro atoms. The van der Waals surface area contributed by atoms with E-state index in [0.29, 0.717) is 36.4 Å². The summed E-state index contributed by atoms with van der Waals surface area (Å²) in [5, 5.41) is 0. The van der Waals surface area contributed by atoms with Crippen molar-refractivity contribution >= 4 is 23.6 Å². The normalized spacial score (nSPS) is 16.2. The van der Waals surface area contributed by atoms with Gasteiger partial charge in [0, 0.05) is 23.5 Å². The van der Waals surface area contributed by atoms with Gasteiger partial charge >= 0.3 is 0 Å². The summed E-state index contributed by atoms with van der Waals surface area (Å²) in [5.41, 5.74) is 7.11. The molecular weight excluding hydrogens is 208 g/mol. The van der Waals surface area contributed by atoms with E-state index in [1.807, 2.05) is 0 Å². The van der Waals surface area contributed by atoms with Gasteiger partial charge in [-0.25, -0.2) is 0 Å². The van der Waals surface area contributed by atoms with Gasteiger partial charge in [0.1, 0.15) is 6.61 Å². The fraction of sp³-hybridized carbons (Fsp3) is 0.273. The summed E-state index contributed by atoms with van der Waals surface area (Å²) >= 11 is 0. The first-order valence-electron chi connectivity index (χ1n) is 4.95. The number of rotatable bonds is 2. The van der Waals surface area contributed by atoms with Crippen LogP contribution in [0.3, 0.4) is 0 Å². The van der Waals surface area contributed by atoms with Gasteiger partial charge in [-0.2, -0.15) is 0 Å². The summed E-state index contributed by atoms with van der Waals surface area (Å²) in [5.74, 6) is -0.104. The van der Waals surface area contributed by atoms with Crippen LogP contribution in [-0.2, 0) is 9.53 Å². The molecule has 84 valence electrons. The summed E-state index contributed by atoms with van der Waals surface area (Å²) in [7, 11) is 0. The molecule has 0 radical (unpaired) electrons. The molecule has 1 amide bonds. The molecule has 5 heteroatoms. The average molecular weight is 220 g/mol. The van der Waals surface area contributed by atoms with Crippen molar-refractivity contribution in [2.45, 2.75) is 0 Å². The summed E-state index contributed by atoms with van der Waals surface area (Å²) in [4.78, 5) is 23.9. The van der Waals surface area contributed by atoms with Gasteiger partial charge in [0.15, 0.2) is 6.29 Å².